The first-order valence-corrected chi connectivity index (χ1v) is 9.58. The van der Waals surface area contributed by atoms with Crippen LogP contribution in [0, 0.1) is 11.3 Å². The number of nitrogens with zero attached hydrogens (tertiary/aromatic N) is 4. The van der Waals surface area contributed by atoms with E-state index in [4.69, 9.17) is 0 Å². The number of nitrogens with one attached hydrogen (secondary N) is 1. The van der Waals surface area contributed by atoms with Gasteiger partial charge in [0.1, 0.15) is 0 Å². The van der Waals surface area contributed by atoms with Crippen LogP contribution in [0.2, 0.25) is 0 Å². The van der Waals surface area contributed by atoms with Gasteiger partial charge in [0, 0.05) is 36.3 Å². The Kier molecular flexibility index (Phi) is 4.29. The summed E-state index contributed by atoms with van der Waals surface area (Å²) in [6, 6.07) is 6.63. The van der Waals surface area contributed by atoms with E-state index in [1.165, 1.54) is 0 Å². The molecular weight excluding hydrogens is 338 g/mol. The van der Waals surface area contributed by atoms with Crippen LogP contribution in [-0.2, 0) is 11.3 Å². The third-order valence-electron chi connectivity index (χ3n) is 5.47. The zero-order valence-corrected chi connectivity index (χ0v) is 16.4. The molecule has 6 nitrogen and oxygen atoms in total. The van der Waals surface area contributed by atoms with Crippen molar-refractivity contribution in [1.29, 1.82) is 0 Å². The molecule has 142 valence electrons. The Labute approximate surface area is 159 Å². The lowest BCUT2D eigenvalue weighted by molar-refractivity contribution is -0.140. The fraction of sp³-hybridized carbons (Fsp3) is 0.476. The maximum absolute atomic E-state index is 12.7. The van der Waals surface area contributed by atoms with Crippen molar-refractivity contribution >= 4 is 16.9 Å². The average molecular weight is 365 g/mol. The number of benzene rings is 1. The van der Waals surface area contributed by atoms with E-state index < -0.39 is 0 Å². The molecule has 1 aliphatic rings. The first kappa shape index (κ1) is 17.8. The van der Waals surface area contributed by atoms with E-state index >= 15 is 0 Å². The Balaban J connectivity index is 1.52. The molecule has 0 radical (unpaired) electrons. The molecule has 0 bridgehead atoms. The molecule has 2 aromatic heterocycles. The summed E-state index contributed by atoms with van der Waals surface area (Å²) in [4.78, 5) is 19.3. The van der Waals surface area contributed by atoms with E-state index in [-0.39, 0.29) is 11.3 Å². The van der Waals surface area contributed by atoms with Crippen molar-refractivity contribution in [2.24, 2.45) is 11.3 Å². The van der Waals surface area contributed by atoms with Crippen LogP contribution in [0.5, 0.6) is 0 Å². The summed E-state index contributed by atoms with van der Waals surface area (Å²) in [6.07, 6.45) is 6.66. The molecule has 1 amide bonds. The fourth-order valence-electron chi connectivity index (χ4n) is 4.06. The van der Waals surface area contributed by atoms with Crippen molar-refractivity contribution < 1.29 is 4.79 Å². The highest BCUT2D eigenvalue weighted by Crippen LogP contribution is 2.30. The van der Waals surface area contributed by atoms with Gasteiger partial charge in [0.25, 0.3) is 0 Å². The van der Waals surface area contributed by atoms with Crippen molar-refractivity contribution in [3.63, 3.8) is 0 Å². The molecule has 0 saturated carbocycles. The molecule has 1 aromatic carbocycles. The Hall–Kier alpha value is -2.63. The van der Waals surface area contributed by atoms with E-state index in [1.807, 2.05) is 39.5 Å². The number of hydrogen-bond acceptors (Lipinski definition) is 3. The monoisotopic (exact) mass is 365 g/mol. The number of carbonyl (C=O) groups is 1. The van der Waals surface area contributed by atoms with Crippen LogP contribution in [0.25, 0.3) is 22.2 Å². The summed E-state index contributed by atoms with van der Waals surface area (Å²) in [5, 5.41) is 6.86. The predicted octanol–water partition coefficient (Wildman–Crippen LogP) is 3.71. The zero-order chi connectivity index (χ0) is 19.2. The second kappa shape index (κ2) is 6.51. The van der Waals surface area contributed by atoms with E-state index in [9.17, 15) is 4.79 Å². The molecule has 2 unspecified atom stereocenters. The number of aromatic nitrogens is 4. The predicted molar refractivity (Wildman–Crippen MR) is 106 cm³/mol. The summed E-state index contributed by atoms with van der Waals surface area (Å²) in [7, 11) is 0. The molecule has 1 aliphatic heterocycles. The number of hydrogen-bond donors (Lipinski definition) is 1. The topological polar surface area (TPSA) is 66.8 Å². The van der Waals surface area contributed by atoms with Crippen LogP contribution in [0.4, 0.5) is 0 Å². The number of likely N-dealkylation sites (tertiary alicyclic amines) is 1. The summed E-state index contributed by atoms with van der Waals surface area (Å²) in [6.45, 7) is 9.86. The lowest BCUT2D eigenvalue weighted by Gasteiger charge is -2.29. The molecule has 0 aliphatic carbocycles. The molecule has 3 aromatic rings. The van der Waals surface area contributed by atoms with Gasteiger partial charge in [-0.25, -0.2) is 4.98 Å². The van der Waals surface area contributed by atoms with Crippen LogP contribution < -0.4 is 0 Å². The number of rotatable bonds is 3. The van der Waals surface area contributed by atoms with E-state index in [0.717, 1.165) is 41.7 Å². The van der Waals surface area contributed by atoms with Crippen LogP contribution in [0.1, 0.15) is 34.1 Å². The smallest absolute Gasteiger partial charge is 0.228 e. The molecule has 0 spiro atoms. The second-order valence-electron chi connectivity index (χ2n) is 8.75. The zero-order valence-electron chi connectivity index (χ0n) is 16.4. The minimum Gasteiger partial charge on any atom is -0.339 e. The fourth-order valence-corrected chi connectivity index (χ4v) is 4.06. The van der Waals surface area contributed by atoms with Crippen LogP contribution >= 0.6 is 0 Å². The Bertz CT molecular complexity index is 951. The van der Waals surface area contributed by atoms with Gasteiger partial charge in [-0.05, 0) is 37.0 Å². The van der Waals surface area contributed by atoms with Gasteiger partial charge in [0.2, 0.25) is 5.91 Å². The minimum atomic E-state index is -0.325. The number of imidazole rings is 1. The van der Waals surface area contributed by atoms with Gasteiger partial charge in [-0.3, -0.25) is 9.89 Å². The first-order chi connectivity index (χ1) is 12.8. The molecule has 6 heteroatoms. The number of fused-ring (bicyclic) bond motifs is 1. The molecule has 4 rings (SSSR count). The van der Waals surface area contributed by atoms with E-state index in [1.54, 1.807) is 0 Å². The average Bonchev–Trinajstić information content (AvgIpc) is 3.34. The summed E-state index contributed by atoms with van der Waals surface area (Å²) in [5.74, 6) is 0.704. The largest absolute Gasteiger partial charge is 0.339 e. The third kappa shape index (κ3) is 3.36. The van der Waals surface area contributed by atoms with Gasteiger partial charge < -0.3 is 9.47 Å². The first-order valence-electron chi connectivity index (χ1n) is 9.58. The summed E-state index contributed by atoms with van der Waals surface area (Å²) < 4.78 is 2.22. The molecule has 1 N–H and O–H groups in total. The Morgan fingerprint density at radius 1 is 1.30 bits per heavy atom. The van der Waals surface area contributed by atoms with Gasteiger partial charge in [-0.2, -0.15) is 5.10 Å². The van der Waals surface area contributed by atoms with Gasteiger partial charge in [-0.1, -0.05) is 26.8 Å². The number of carbonyl (C=O) groups excluding carboxylic acids is 1. The number of amides is 1. The van der Waals surface area contributed by atoms with Crippen molar-refractivity contribution in [3.8, 4) is 11.1 Å². The van der Waals surface area contributed by atoms with Crippen LogP contribution in [0.15, 0.2) is 36.9 Å². The maximum Gasteiger partial charge on any atom is 0.228 e. The lowest BCUT2D eigenvalue weighted by Crippen LogP contribution is -2.41. The van der Waals surface area contributed by atoms with Crippen molar-refractivity contribution in [1.82, 2.24) is 24.6 Å². The highest BCUT2D eigenvalue weighted by Gasteiger charge is 2.37. The SMILES string of the molecule is CC1CC(Cn2cnc3cc(-c4cn[nH]c4)ccc32)CN1C(=O)C(C)(C)C. The number of aromatic amines is 1. The molecular formula is C21H27N5O. The molecule has 27 heavy (non-hydrogen) atoms. The third-order valence-corrected chi connectivity index (χ3v) is 5.47. The standard InChI is InChI=1S/C21H27N5O/c1-14-7-15(12-26(14)20(27)21(2,3)4)11-25-13-22-18-8-16(5-6-19(18)25)17-9-23-24-10-17/h5-6,8-10,13-15H,7,11-12H2,1-4H3,(H,23,24). The minimum absolute atomic E-state index is 0.248. The molecule has 1 fully saturated rings. The quantitative estimate of drug-likeness (QED) is 0.769. The van der Waals surface area contributed by atoms with Gasteiger partial charge >= 0.3 is 0 Å². The Morgan fingerprint density at radius 2 is 2.11 bits per heavy atom. The highest BCUT2D eigenvalue weighted by molar-refractivity contribution is 5.82. The lowest BCUT2D eigenvalue weighted by atomic mass is 9.94. The Morgan fingerprint density at radius 3 is 2.81 bits per heavy atom. The van der Waals surface area contributed by atoms with Crippen molar-refractivity contribution in [2.75, 3.05) is 6.54 Å². The normalized spacial score (nSPS) is 20.5. The van der Waals surface area contributed by atoms with E-state index in [2.05, 4.69) is 49.8 Å². The van der Waals surface area contributed by atoms with Gasteiger partial charge in [0.05, 0.1) is 23.6 Å². The summed E-state index contributed by atoms with van der Waals surface area (Å²) >= 11 is 0. The van der Waals surface area contributed by atoms with Gasteiger partial charge in [-0.15, -0.1) is 0 Å². The number of H-pyrrole nitrogens is 1. The molecule has 1 saturated heterocycles. The molecule has 2 atom stereocenters. The van der Waals surface area contributed by atoms with Crippen molar-refractivity contribution in [2.45, 2.75) is 46.7 Å². The van der Waals surface area contributed by atoms with Gasteiger partial charge in [0.15, 0.2) is 0 Å². The molecule has 3 heterocycles. The second-order valence-corrected chi connectivity index (χ2v) is 8.75. The van der Waals surface area contributed by atoms with E-state index in [0.29, 0.717) is 12.0 Å². The van der Waals surface area contributed by atoms with Crippen LogP contribution in [-0.4, -0.2) is 43.1 Å². The van der Waals surface area contributed by atoms with Crippen LogP contribution in [0.3, 0.4) is 0 Å². The maximum atomic E-state index is 12.7. The highest BCUT2D eigenvalue weighted by atomic mass is 16.2. The van der Waals surface area contributed by atoms with Crippen molar-refractivity contribution in [3.05, 3.63) is 36.9 Å². The summed E-state index contributed by atoms with van der Waals surface area (Å²) in [5.41, 5.74) is 3.97.